The second-order valence-corrected chi connectivity index (χ2v) is 5.04. The third-order valence-electron chi connectivity index (χ3n) is 3.42. The molecule has 0 saturated carbocycles. The number of hydrazine groups is 1. The van der Waals surface area contributed by atoms with Crippen molar-refractivity contribution in [2.75, 3.05) is 18.1 Å². The minimum absolute atomic E-state index is 0.305. The van der Waals surface area contributed by atoms with Gasteiger partial charge in [0.25, 0.3) is 0 Å². The first-order valence-electron chi connectivity index (χ1n) is 6.26. The molecule has 96 valence electrons. The van der Waals surface area contributed by atoms with E-state index in [1.165, 1.54) is 6.42 Å². The molecule has 1 amide bonds. The quantitative estimate of drug-likeness (QED) is 0.783. The zero-order chi connectivity index (χ0) is 12.5. The summed E-state index contributed by atoms with van der Waals surface area (Å²) >= 11 is 6.25. The van der Waals surface area contributed by atoms with Crippen LogP contribution >= 0.6 is 11.6 Å². The molecule has 0 unspecified atom stereocenters. The molecule has 1 fully saturated rings. The van der Waals surface area contributed by atoms with Gasteiger partial charge in [0.2, 0.25) is 0 Å². The summed E-state index contributed by atoms with van der Waals surface area (Å²) in [4.78, 5) is 12.0. The van der Waals surface area contributed by atoms with Crippen LogP contribution in [0.2, 0.25) is 5.02 Å². The number of nitrogens with zero attached hydrogens (tertiary/aromatic N) is 2. The van der Waals surface area contributed by atoms with Gasteiger partial charge in [0, 0.05) is 18.7 Å². The van der Waals surface area contributed by atoms with Gasteiger partial charge in [-0.3, -0.25) is 0 Å². The molecule has 3 rings (SSSR count). The molecule has 0 bridgehead atoms. The molecule has 1 aromatic carbocycles. The number of anilines is 1. The lowest BCUT2D eigenvalue weighted by molar-refractivity contribution is 0.108. The molecule has 5 heteroatoms. The van der Waals surface area contributed by atoms with Crippen molar-refractivity contribution in [1.29, 1.82) is 0 Å². The minimum atomic E-state index is -0.322. The van der Waals surface area contributed by atoms with E-state index in [4.69, 9.17) is 16.3 Å². The number of rotatable bonds is 1. The van der Waals surface area contributed by atoms with E-state index in [2.05, 4.69) is 0 Å². The Balaban J connectivity index is 2.00. The second kappa shape index (κ2) is 4.78. The van der Waals surface area contributed by atoms with Gasteiger partial charge in [-0.2, -0.15) is 0 Å². The van der Waals surface area contributed by atoms with Gasteiger partial charge in [0.1, 0.15) is 6.61 Å². The van der Waals surface area contributed by atoms with Gasteiger partial charge in [-0.1, -0.05) is 30.2 Å². The lowest BCUT2D eigenvalue weighted by atomic mass is 10.1. The van der Waals surface area contributed by atoms with Gasteiger partial charge in [-0.05, 0) is 18.9 Å². The Labute approximate surface area is 111 Å². The molecule has 1 aromatic rings. The van der Waals surface area contributed by atoms with Crippen LogP contribution in [0.1, 0.15) is 24.8 Å². The summed E-state index contributed by atoms with van der Waals surface area (Å²) < 4.78 is 5.21. The summed E-state index contributed by atoms with van der Waals surface area (Å²) in [6.07, 6.45) is 3.10. The number of carbonyl (C=O) groups is 1. The summed E-state index contributed by atoms with van der Waals surface area (Å²) in [6, 6.07) is 5.65. The number of fused-ring (bicyclic) bond motifs is 1. The molecule has 0 spiro atoms. The number of halogens is 1. The van der Waals surface area contributed by atoms with Crippen molar-refractivity contribution in [1.82, 2.24) is 5.01 Å². The van der Waals surface area contributed by atoms with E-state index < -0.39 is 0 Å². The zero-order valence-electron chi connectivity index (χ0n) is 10.1. The molecule has 2 aliphatic heterocycles. The third-order valence-corrected chi connectivity index (χ3v) is 3.73. The van der Waals surface area contributed by atoms with Crippen molar-refractivity contribution in [2.45, 2.75) is 25.9 Å². The summed E-state index contributed by atoms with van der Waals surface area (Å²) in [6.45, 7) is 2.05. The van der Waals surface area contributed by atoms with Crippen molar-refractivity contribution < 1.29 is 9.53 Å². The Hall–Kier alpha value is -1.26. The molecule has 2 aliphatic rings. The molecule has 0 radical (unpaired) electrons. The maximum Gasteiger partial charge on any atom is 0.429 e. The Kier molecular flexibility index (Phi) is 3.14. The fraction of sp³-hybridized carbons (Fsp3) is 0.462. The lowest BCUT2D eigenvalue weighted by Gasteiger charge is -2.39. The van der Waals surface area contributed by atoms with Crippen molar-refractivity contribution in [3.63, 3.8) is 0 Å². The van der Waals surface area contributed by atoms with E-state index in [1.54, 1.807) is 5.01 Å². The highest BCUT2D eigenvalue weighted by molar-refractivity contribution is 6.34. The normalized spacial score (nSPS) is 20.5. The van der Waals surface area contributed by atoms with E-state index in [1.807, 2.05) is 23.2 Å². The number of para-hydroxylation sites is 1. The number of hydrogen-bond acceptors (Lipinski definition) is 3. The smallest absolute Gasteiger partial charge is 0.429 e. The predicted octanol–water partition coefficient (Wildman–Crippen LogP) is 3.20. The first-order valence-corrected chi connectivity index (χ1v) is 6.64. The minimum Gasteiger partial charge on any atom is -0.443 e. The standard InChI is InChI=1S/C13H15ClN2O2/c14-11-6-4-5-10-9-18-13(17)16(12(10)11)15-7-2-1-3-8-15/h4-6H,1-3,7-9H2. The maximum atomic E-state index is 12.0. The number of benzene rings is 1. The number of amides is 1. The lowest BCUT2D eigenvalue weighted by Crippen LogP contribution is -2.51. The van der Waals surface area contributed by atoms with Crippen LogP contribution in [0.3, 0.4) is 0 Å². The fourth-order valence-corrected chi connectivity index (χ4v) is 2.81. The van der Waals surface area contributed by atoms with Crippen molar-refractivity contribution in [3.8, 4) is 0 Å². The van der Waals surface area contributed by atoms with Crippen molar-refractivity contribution >= 4 is 23.4 Å². The zero-order valence-corrected chi connectivity index (χ0v) is 10.8. The van der Waals surface area contributed by atoms with Crippen LogP contribution in [0.15, 0.2) is 18.2 Å². The Morgan fingerprint density at radius 1 is 1.17 bits per heavy atom. The number of piperidine rings is 1. The van der Waals surface area contributed by atoms with Gasteiger partial charge in [0.05, 0.1) is 10.7 Å². The highest BCUT2D eigenvalue weighted by Gasteiger charge is 2.33. The van der Waals surface area contributed by atoms with Crippen LogP contribution in [0.25, 0.3) is 0 Å². The highest BCUT2D eigenvalue weighted by atomic mass is 35.5. The average molecular weight is 267 g/mol. The van der Waals surface area contributed by atoms with Gasteiger partial charge < -0.3 is 4.74 Å². The largest absolute Gasteiger partial charge is 0.443 e. The van der Waals surface area contributed by atoms with Crippen molar-refractivity contribution in [2.24, 2.45) is 0 Å². The second-order valence-electron chi connectivity index (χ2n) is 4.63. The van der Waals surface area contributed by atoms with E-state index in [9.17, 15) is 4.79 Å². The number of cyclic esters (lactones) is 1. The summed E-state index contributed by atoms with van der Waals surface area (Å²) in [5, 5.41) is 4.26. The summed E-state index contributed by atoms with van der Waals surface area (Å²) in [5.74, 6) is 0. The van der Waals surface area contributed by atoms with Gasteiger partial charge in [0.15, 0.2) is 0 Å². The van der Waals surface area contributed by atoms with Crippen LogP contribution in [-0.4, -0.2) is 24.2 Å². The molecule has 4 nitrogen and oxygen atoms in total. The Bertz CT molecular complexity index is 472. The maximum absolute atomic E-state index is 12.0. The van der Waals surface area contributed by atoms with Crippen LogP contribution < -0.4 is 5.01 Å². The molecule has 0 atom stereocenters. The fourth-order valence-electron chi connectivity index (χ4n) is 2.54. The van der Waals surface area contributed by atoms with Gasteiger partial charge in [-0.15, -0.1) is 0 Å². The first kappa shape index (κ1) is 11.8. The average Bonchev–Trinajstić information content (AvgIpc) is 2.40. The highest BCUT2D eigenvalue weighted by Crippen LogP contribution is 2.35. The first-order chi connectivity index (χ1) is 8.77. The molecule has 0 N–H and O–H groups in total. The predicted molar refractivity (Wildman–Crippen MR) is 69.5 cm³/mol. The summed E-state index contributed by atoms with van der Waals surface area (Å²) in [7, 11) is 0. The van der Waals surface area contributed by atoms with Gasteiger partial charge >= 0.3 is 6.09 Å². The van der Waals surface area contributed by atoms with E-state index >= 15 is 0 Å². The van der Waals surface area contributed by atoms with Crippen molar-refractivity contribution in [3.05, 3.63) is 28.8 Å². The van der Waals surface area contributed by atoms with E-state index in [-0.39, 0.29) is 6.09 Å². The van der Waals surface area contributed by atoms with Crippen LogP contribution in [0.4, 0.5) is 10.5 Å². The van der Waals surface area contributed by atoms with E-state index in [0.29, 0.717) is 11.6 Å². The Morgan fingerprint density at radius 2 is 1.94 bits per heavy atom. The SMILES string of the molecule is O=C1OCc2cccc(Cl)c2N1N1CCCCC1. The molecule has 1 saturated heterocycles. The monoisotopic (exact) mass is 266 g/mol. The molecule has 18 heavy (non-hydrogen) atoms. The number of carbonyl (C=O) groups excluding carboxylic acids is 1. The number of hydrogen-bond donors (Lipinski definition) is 0. The Morgan fingerprint density at radius 3 is 2.72 bits per heavy atom. The van der Waals surface area contributed by atoms with Crippen LogP contribution in [0, 0.1) is 0 Å². The van der Waals surface area contributed by atoms with Crippen LogP contribution in [0.5, 0.6) is 0 Å². The topological polar surface area (TPSA) is 32.8 Å². The molecule has 2 heterocycles. The molecular formula is C13H15ClN2O2. The van der Waals surface area contributed by atoms with Gasteiger partial charge in [-0.25, -0.2) is 14.8 Å². The molecule has 0 aromatic heterocycles. The van der Waals surface area contributed by atoms with E-state index in [0.717, 1.165) is 37.2 Å². The third kappa shape index (κ3) is 1.95. The summed E-state index contributed by atoms with van der Waals surface area (Å²) in [5.41, 5.74) is 1.75. The molecular weight excluding hydrogens is 252 g/mol. The molecule has 0 aliphatic carbocycles. The number of ether oxygens (including phenoxy) is 1. The van der Waals surface area contributed by atoms with Crippen LogP contribution in [-0.2, 0) is 11.3 Å².